The summed E-state index contributed by atoms with van der Waals surface area (Å²) in [6, 6.07) is 1.57. The summed E-state index contributed by atoms with van der Waals surface area (Å²) in [7, 11) is 0. The fraction of sp³-hybridized carbons (Fsp3) is 0.500. The number of hydrogen-bond donors (Lipinski definition) is 1. The molecule has 1 unspecified atom stereocenters. The normalized spacial score (nSPS) is 19.9. The van der Waals surface area contributed by atoms with Crippen molar-refractivity contribution in [2.24, 2.45) is 0 Å². The van der Waals surface area contributed by atoms with Crippen LogP contribution in [0, 0.1) is 15.9 Å². The molecule has 1 aromatic rings. The molecule has 142 valence electrons. The van der Waals surface area contributed by atoms with Gasteiger partial charge < -0.3 is 14.6 Å². The Bertz CT molecular complexity index is 732. The maximum Gasteiger partial charge on any atom is 0.411 e. The van der Waals surface area contributed by atoms with Crippen molar-refractivity contribution < 1.29 is 33.5 Å². The van der Waals surface area contributed by atoms with E-state index in [0.717, 1.165) is 23.1 Å². The number of non-ortho nitro benzene ring substituents is 1. The minimum Gasteiger partial charge on any atom is -0.488 e. The van der Waals surface area contributed by atoms with Crippen LogP contribution < -0.4 is 4.74 Å². The van der Waals surface area contributed by atoms with Gasteiger partial charge in [-0.25, -0.2) is 14.0 Å². The molecule has 1 aliphatic rings. The van der Waals surface area contributed by atoms with Crippen molar-refractivity contribution in [2.75, 3.05) is 6.54 Å². The van der Waals surface area contributed by atoms with E-state index in [1.54, 1.807) is 20.8 Å². The van der Waals surface area contributed by atoms with Crippen LogP contribution in [0.15, 0.2) is 18.2 Å². The largest absolute Gasteiger partial charge is 0.488 e. The molecule has 10 heteroatoms. The maximum atomic E-state index is 13.5. The first-order valence-corrected chi connectivity index (χ1v) is 7.80. The van der Waals surface area contributed by atoms with Crippen LogP contribution in [0.3, 0.4) is 0 Å². The molecule has 1 amide bonds. The third-order valence-corrected chi connectivity index (χ3v) is 3.55. The molecule has 1 saturated heterocycles. The van der Waals surface area contributed by atoms with Gasteiger partial charge in [0.05, 0.1) is 23.6 Å². The number of rotatable bonds is 4. The Morgan fingerprint density at radius 1 is 1.35 bits per heavy atom. The van der Waals surface area contributed by atoms with E-state index < -0.39 is 46.2 Å². The lowest BCUT2D eigenvalue weighted by Crippen LogP contribution is -2.43. The molecule has 26 heavy (non-hydrogen) atoms. The number of nitro groups is 1. The average molecular weight is 370 g/mol. The molecule has 0 radical (unpaired) electrons. The van der Waals surface area contributed by atoms with Crippen LogP contribution in [0.1, 0.15) is 27.2 Å². The lowest BCUT2D eigenvalue weighted by Gasteiger charge is -2.26. The zero-order chi connectivity index (χ0) is 19.6. The van der Waals surface area contributed by atoms with Crippen molar-refractivity contribution in [2.45, 2.75) is 44.9 Å². The van der Waals surface area contributed by atoms with Crippen molar-refractivity contribution in [1.82, 2.24) is 4.90 Å². The highest BCUT2D eigenvalue weighted by Crippen LogP contribution is 2.28. The van der Waals surface area contributed by atoms with Gasteiger partial charge in [-0.05, 0) is 20.8 Å². The highest BCUT2D eigenvalue weighted by molar-refractivity contribution is 5.81. The Kier molecular flexibility index (Phi) is 5.33. The first kappa shape index (κ1) is 19.4. The maximum absolute atomic E-state index is 13.5. The monoisotopic (exact) mass is 370 g/mol. The molecule has 1 aromatic carbocycles. The Morgan fingerprint density at radius 2 is 2.00 bits per heavy atom. The predicted octanol–water partition coefficient (Wildman–Crippen LogP) is 2.58. The highest BCUT2D eigenvalue weighted by atomic mass is 19.1. The number of halogens is 1. The highest BCUT2D eigenvalue weighted by Gasteiger charge is 2.42. The summed E-state index contributed by atoms with van der Waals surface area (Å²) in [5.41, 5.74) is -1.29. The van der Waals surface area contributed by atoms with Gasteiger partial charge in [-0.2, -0.15) is 0 Å². The zero-order valence-electron chi connectivity index (χ0n) is 14.5. The summed E-state index contributed by atoms with van der Waals surface area (Å²) < 4.78 is 24.2. The Balaban J connectivity index is 2.16. The molecule has 0 aromatic heterocycles. The molecule has 1 fully saturated rings. The summed E-state index contributed by atoms with van der Waals surface area (Å²) in [6.45, 7) is 4.85. The molecular weight excluding hydrogens is 351 g/mol. The first-order valence-electron chi connectivity index (χ1n) is 7.80. The van der Waals surface area contributed by atoms with Crippen molar-refractivity contribution in [3.8, 4) is 5.75 Å². The van der Waals surface area contributed by atoms with Crippen molar-refractivity contribution in [3.05, 3.63) is 34.1 Å². The van der Waals surface area contributed by atoms with E-state index in [9.17, 15) is 29.2 Å². The number of carboxylic acid groups (broad SMARTS) is 1. The number of carbonyl (C=O) groups is 2. The fourth-order valence-corrected chi connectivity index (χ4v) is 2.55. The fourth-order valence-electron chi connectivity index (χ4n) is 2.55. The molecule has 2 atom stereocenters. The summed E-state index contributed by atoms with van der Waals surface area (Å²) in [4.78, 5) is 34.7. The van der Waals surface area contributed by atoms with Gasteiger partial charge >= 0.3 is 12.1 Å². The molecule has 0 spiro atoms. The first-order chi connectivity index (χ1) is 12.0. The Hall–Kier alpha value is -2.91. The molecule has 9 nitrogen and oxygen atoms in total. The second kappa shape index (κ2) is 7.14. The molecule has 0 aliphatic carbocycles. The van der Waals surface area contributed by atoms with Gasteiger partial charge in [0, 0.05) is 12.5 Å². The predicted molar refractivity (Wildman–Crippen MR) is 86.5 cm³/mol. The van der Waals surface area contributed by atoms with Crippen LogP contribution in [-0.2, 0) is 9.53 Å². The molecule has 0 bridgehead atoms. The van der Waals surface area contributed by atoms with Crippen LogP contribution in [0.25, 0.3) is 0 Å². The number of likely N-dealkylation sites (tertiary alicyclic amines) is 1. The third kappa shape index (κ3) is 4.80. The molecule has 1 aliphatic heterocycles. The summed E-state index contributed by atoms with van der Waals surface area (Å²) >= 11 is 0. The van der Waals surface area contributed by atoms with Crippen molar-refractivity contribution in [3.63, 3.8) is 0 Å². The number of carboxylic acids is 1. The van der Waals surface area contributed by atoms with Gasteiger partial charge in [0.25, 0.3) is 5.69 Å². The lowest BCUT2D eigenvalue weighted by atomic mass is 10.2. The van der Waals surface area contributed by atoms with Crippen LogP contribution in [0.2, 0.25) is 0 Å². The van der Waals surface area contributed by atoms with Gasteiger partial charge in [-0.3, -0.25) is 15.0 Å². The molecule has 2 rings (SSSR count). The number of carbonyl (C=O) groups excluding carboxylic acids is 1. The topological polar surface area (TPSA) is 119 Å². The second-order valence-electron chi connectivity index (χ2n) is 6.86. The van der Waals surface area contributed by atoms with Crippen molar-refractivity contribution in [1.29, 1.82) is 0 Å². The number of hydrogen-bond acceptors (Lipinski definition) is 6. The quantitative estimate of drug-likeness (QED) is 0.639. The van der Waals surface area contributed by atoms with E-state index in [1.165, 1.54) is 0 Å². The minimum absolute atomic E-state index is 0.0567. The van der Waals surface area contributed by atoms with Gasteiger partial charge in [0.2, 0.25) is 0 Å². The van der Waals surface area contributed by atoms with Gasteiger partial charge in [-0.15, -0.1) is 0 Å². The molecule has 0 saturated carbocycles. The van der Waals surface area contributed by atoms with Crippen LogP contribution in [0.4, 0.5) is 14.9 Å². The second-order valence-corrected chi connectivity index (χ2v) is 6.86. The summed E-state index contributed by atoms with van der Waals surface area (Å²) in [5, 5.41) is 20.1. The Labute approximate surface area is 148 Å². The Morgan fingerprint density at radius 3 is 2.54 bits per heavy atom. The zero-order valence-corrected chi connectivity index (χ0v) is 14.5. The van der Waals surface area contributed by atoms with Crippen LogP contribution in [-0.4, -0.2) is 51.3 Å². The van der Waals surface area contributed by atoms with E-state index >= 15 is 0 Å². The van der Waals surface area contributed by atoms with E-state index in [1.807, 2.05) is 0 Å². The summed E-state index contributed by atoms with van der Waals surface area (Å²) in [6.07, 6.45) is -1.63. The minimum atomic E-state index is -1.23. The van der Waals surface area contributed by atoms with E-state index in [4.69, 9.17) is 9.47 Å². The van der Waals surface area contributed by atoms with E-state index in [0.29, 0.717) is 0 Å². The van der Waals surface area contributed by atoms with Gasteiger partial charge in [0.1, 0.15) is 29.3 Å². The standard InChI is InChI=1S/C16H19FN2O7/c1-16(2,3)26-15(22)18-8-12(7-13(18)14(20)21)25-11-5-9(17)4-10(6-11)19(23)24/h4-6,12-13H,7-8H2,1-3H3,(H,20,21)/t12-,13?/m1/s1. The van der Waals surface area contributed by atoms with E-state index in [-0.39, 0.29) is 18.7 Å². The van der Waals surface area contributed by atoms with E-state index in [2.05, 4.69) is 0 Å². The van der Waals surface area contributed by atoms with Gasteiger partial charge in [0.15, 0.2) is 0 Å². The van der Waals surface area contributed by atoms with Crippen LogP contribution in [0.5, 0.6) is 5.75 Å². The average Bonchev–Trinajstić information content (AvgIpc) is 2.89. The summed E-state index contributed by atoms with van der Waals surface area (Å²) in [5.74, 6) is -2.20. The number of aliphatic carboxylic acids is 1. The molecular formula is C16H19FN2O7. The SMILES string of the molecule is CC(C)(C)OC(=O)N1C[C@H](Oc2cc(F)cc([N+](=O)[O-])c2)CC1C(=O)O. The third-order valence-electron chi connectivity index (χ3n) is 3.55. The smallest absolute Gasteiger partial charge is 0.411 e. The number of benzene rings is 1. The number of ether oxygens (including phenoxy) is 2. The van der Waals surface area contributed by atoms with Crippen molar-refractivity contribution >= 4 is 17.7 Å². The number of amides is 1. The molecule has 1 heterocycles. The lowest BCUT2D eigenvalue weighted by molar-refractivity contribution is -0.385. The molecule has 1 N–H and O–H groups in total. The number of nitrogens with zero attached hydrogens (tertiary/aromatic N) is 2. The van der Waals surface area contributed by atoms with Crippen LogP contribution >= 0.6 is 0 Å². The number of nitro benzene ring substituents is 1. The van der Waals surface area contributed by atoms with Gasteiger partial charge in [-0.1, -0.05) is 0 Å².